The Morgan fingerprint density at radius 1 is 1.10 bits per heavy atom. The van der Waals surface area contributed by atoms with Crippen LogP contribution in [0.2, 0.25) is 0 Å². The first-order chi connectivity index (χ1) is 9.56. The number of non-ortho nitro benzene ring substituents is 1. The third-order valence-electron chi connectivity index (χ3n) is 3.14. The highest BCUT2D eigenvalue weighted by Gasteiger charge is 2.04. The number of aryl methyl sites for hydroxylation is 2. The summed E-state index contributed by atoms with van der Waals surface area (Å²) in [7, 11) is 0. The van der Waals surface area contributed by atoms with Gasteiger partial charge < -0.3 is 4.74 Å². The molecule has 0 spiro atoms. The molecule has 0 fully saturated rings. The lowest BCUT2D eigenvalue weighted by atomic mass is 10.1. The number of ether oxygens (including phenoxy) is 1. The van der Waals surface area contributed by atoms with E-state index in [4.69, 9.17) is 4.74 Å². The van der Waals surface area contributed by atoms with E-state index in [0.29, 0.717) is 6.61 Å². The summed E-state index contributed by atoms with van der Waals surface area (Å²) in [5.74, 6) is 0.895. The van der Waals surface area contributed by atoms with E-state index >= 15 is 0 Å². The number of benzene rings is 2. The average Bonchev–Trinajstić information content (AvgIpc) is 2.43. The maximum Gasteiger partial charge on any atom is 0.269 e. The molecular weight excluding hydrogens is 254 g/mol. The first kappa shape index (κ1) is 14.1. The minimum Gasteiger partial charge on any atom is -0.493 e. The Morgan fingerprint density at radius 3 is 2.45 bits per heavy atom. The van der Waals surface area contributed by atoms with Crippen molar-refractivity contribution in [1.29, 1.82) is 0 Å². The van der Waals surface area contributed by atoms with Gasteiger partial charge in [0, 0.05) is 18.6 Å². The van der Waals surface area contributed by atoms with Gasteiger partial charge in [-0.2, -0.15) is 0 Å². The van der Waals surface area contributed by atoms with Crippen molar-refractivity contribution < 1.29 is 9.66 Å². The molecule has 0 amide bonds. The maximum absolute atomic E-state index is 10.6. The molecule has 0 heterocycles. The minimum atomic E-state index is -0.392. The number of rotatable bonds is 5. The summed E-state index contributed by atoms with van der Waals surface area (Å²) in [6.07, 6.45) is 0.728. The Bertz CT molecular complexity index is 606. The standard InChI is InChI=1S/C16H17NO3/c1-12-3-4-13(2)16(11-12)20-10-9-14-5-7-15(8-6-14)17(18)19/h3-8,11H,9-10H2,1-2H3. The summed E-state index contributed by atoms with van der Waals surface area (Å²) in [5, 5.41) is 10.6. The maximum atomic E-state index is 10.6. The van der Waals surface area contributed by atoms with Crippen LogP contribution in [0.1, 0.15) is 16.7 Å². The van der Waals surface area contributed by atoms with Gasteiger partial charge >= 0.3 is 0 Å². The van der Waals surface area contributed by atoms with Gasteiger partial charge in [-0.1, -0.05) is 24.3 Å². The van der Waals surface area contributed by atoms with E-state index in [1.807, 2.05) is 26.0 Å². The molecule has 4 nitrogen and oxygen atoms in total. The van der Waals surface area contributed by atoms with E-state index in [2.05, 4.69) is 6.07 Å². The fourth-order valence-electron chi connectivity index (χ4n) is 1.93. The lowest BCUT2D eigenvalue weighted by Crippen LogP contribution is -2.02. The topological polar surface area (TPSA) is 52.4 Å². The molecule has 0 aliphatic rings. The highest BCUT2D eigenvalue weighted by Crippen LogP contribution is 2.19. The van der Waals surface area contributed by atoms with E-state index in [1.165, 1.54) is 17.7 Å². The second-order valence-corrected chi connectivity index (χ2v) is 4.79. The van der Waals surface area contributed by atoms with Crippen LogP contribution in [0.5, 0.6) is 5.75 Å². The molecule has 0 aliphatic heterocycles. The van der Waals surface area contributed by atoms with Gasteiger partial charge in [0.15, 0.2) is 0 Å². The molecule has 0 unspecified atom stereocenters. The van der Waals surface area contributed by atoms with Crippen molar-refractivity contribution >= 4 is 5.69 Å². The summed E-state index contributed by atoms with van der Waals surface area (Å²) < 4.78 is 5.77. The second-order valence-electron chi connectivity index (χ2n) is 4.79. The summed E-state index contributed by atoms with van der Waals surface area (Å²) in [4.78, 5) is 10.2. The third kappa shape index (κ3) is 3.57. The van der Waals surface area contributed by atoms with E-state index < -0.39 is 4.92 Å². The SMILES string of the molecule is Cc1ccc(C)c(OCCc2ccc([N+](=O)[O-])cc2)c1. The minimum absolute atomic E-state index is 0.115. The number of hydrogen-bond acceptors (Lipinski definition) is 3. The highest BCUT2D eigenvalue weighted by atomic mass is 16.6. The summed E-state index contributed by atoms with van der Waals surface area (Å²) in [6.45, 7) is 4.60. The van der Waals surface area contributed by atoms with Crippen LogP contribution in [-0.4, -0.2) is 11.5 Å². The van der Waals surface area contributed by atoms with Crippen LogP contribution >= 0.6 is 0 Å². The van der Waals surface area contributed by atoms with Gasteiger partial charge in [0.25, 0.3) is 5.69 Å². The number of nitro benzene ring substituents is 1. The average molecular weight is 271 g/mol. The van der Waals surface area contributed by atoms with E-state index in [9.17, 15) is 10.1 Å². The number of nitrogens with zero attached hydrogens (tertiary/aromatic N) is 1. The van der Waals surface area contributed by atoms with Gasteiger partial charge in [0.1, 0.15) is 5.75 Å². The predicted molar refractivity (Wildman–Crippen MR) is 78.2 cm³/mol. The fourth-order valence-corrected chi connectivity index (χ4v) is 1.93. The van der Waals surface area contributed by atoms with Crippen molar-refractivity contribution in [2.45, 2.75) is 20.3 Å². The highest BCUT2D eigenvalue weighted by molar-refractivity contribution is 5.36. The van der Waals surface area contributed by atoms with Crippen LogP contribution < -0.4 is 4.74 Å². The van der Waals surface area contributed by atoms with Gasteiger partial charge in [-0.3, -0.25) is 10.1 Å². The zero-order valence-electron chi connectivity index (χ0n) is 11.6. The first-order valence-corrected chi connectivity index (χ1v) is 6.49. The fraction of sp³-hybridized carbons (Fsp3) is 0.250. The molecule has 2 aromatic carbocycles. The van der Waals surface area contributed by atoms with E-state index in [0.717, 1.165) is 23.3 Å². The quantitative estimate of drug-likeness (QED) is 0.613. The molecule has 0 N–H and O–H groups in total. The van der Waals surface area contributed by atoms with Crippen molar-refractivity contribution in [2.75, 3.05) is 6.61 Å². The smallest absolute Gasteiger partial charge is 0.269 e. The van der Waals surface area contributed by atoms with Crippen LogP contribution in [0.4, 0.5) is 5.69 Å². The molecule has 0 aromatic heterocycles. The van der Waals surface area contributed by atoms with Crippen LogP contribution in [0.3, 0.4) is 0 Å². The zero-order valence-corrected chi connectivity index (χ0v) is 11.6. The van der Waals surface area contributed by atoms with Gasteiger partial charge in [-0.15, -0.1) is 0 Å². The van der Waals surface area contributed by atoms with Gasteiger partial charge in [-0.05, 0) is 36.6 Å². The van der Waals surface area contributed by atoms with Gasteiger partial charge in [0.2, 0.25) is 0 Å². The van der Waals surface area contributed by atoms with Crippen molar-refractivity contribution in [3.8, 4) is 5.75 Å². The lowest BCUT2D eigenvalue weighted by Gasteiger charge is -2.10. The Morgan fingerprint density at radius 2 is 1.80 bits per heavy atom. The Kier molecular flexibility index (Phi) is 4.35. The molecule has 2 aromatic rings. The van der Waals surface area contributed by atoms with E-state index in [-0.39, 0.29) is 5.69 Å². The molecule has 0 saturated carbocycles. The van der Waals surface area contributed by atoms with Crippen LogP contribution in [0.25, 0.3) is 0 Å². The number of hydrogen-bond donors (Lipinski definition) is 0. The van der Waals surface area contributed by atoms with Gasteiger partial charge in [0.05, 0.1) is 11.5 Å². The van der Waals surface area contributed by atoms with Crippen LogP contribution in [0.15, 0.2) is 42.5 Å². The monoisotopic (exact) mass is 271 g/mol. The summed E-state index contributed by atoms with van der Waals surface area (Å²) in [5.41, 5.74) is 3.42. The second kappa shape index (κ2) is 6.19. The molecule has 104 valence electrons. The molecule has 4 heteroatoms. The molecule has 0 aliphatic carbocycles. The molecule has 0 radical (unpaired) electrons. The lowest BCUT2D eigenvalue weighted by molar-refractivity contribution is -0.384. The first-order valence-electron chi connectivity index (χ1n) is 6.49. The number of nitro groups is 1. The molecular formula is C16H17NO3. The molecule has 2 rings (SSSR count). The zero-order chi connectivity index (χ0) is 14.5. The summed E-state index contributed by atoms with van der Waals surface area (Å²) >= 11 is 0. The molecule has 0 saturated heterocycles. The normalized spacial score (nSPS) is 10.3. The van der Waals surface area contributed by atoms with Crippen LogP contribution in [0, 0.1) is 24.0 Å². The van der Waals surface area contributed by atoms with Crippen LogP contribution in [-0.2, 0) is 6.42 Å². The van der Waals surface area contributed by atoms with E-state index in [1.54, 1.807) is 12.1 Å². The third-order valence-corrected chi connectivity index (χ3v) is 3.14. The van der Waals surface area contributed by atoms with Crippen molar-refractivity contribution in [2.24, 2.45) is 0 Å². The van der Waals surface area contributed by atoms with Gasteiger partial charge in [-0.25, -0.2) is 0 Å². The summed E-state index contributed by atoms with van der Waals surface area (Å²) in [6, 6.07) is 12.7. The largest absolute Gasteiger partial charge is 0.493 e. The Hall–Kier alpha value is -2.36. The predicted octanol–water partition coefficient (Wildman–Crippen LogP) is 3.83. The van der Waals surface area contributed by atoms with Crippen molar-refractivity contribution in [3.63, 3.8) is 0 Å². The van der Waals surface area contributed by atoms with Crippen molar-refractivity contribution in [3.05, 3.63) is 69.3 Å². The Balaban J connectivity index is 1.92. The van der Waals surface area contributed by atoms with Crippen molar-refractivity contribution in [1.82, 2.24) is 0 Å². The molecule has 0 bridgehead atoms. The molecule has 20 heavy (non-hydrogen) atoms. The Labute approximate surface area is 118 Å². The molecule has 0 atom stereocenters.